The maximum Gasteiger partial charge on any atom is 0.140 e. The number of hydrogen-bond donors (Lipinski definition) is 0. The molecule has 0 aliphatic heterocycles. The molecule has 1 aromatic heterocycles. The lowest BCUT2D eigenvalue weighted by Gasteiger charge is -2.11. The van der Waals surface area contributed by atoms with Crippen LogP contribution in [0.5, 0.6) is 5.75 Å². The third kappa shape index (κ3) is 2.61. The number of hydrogen-bond acceptors (Lipinski definition) is 3. The molecule has 19 heavy (non-hydrogen) atoms. The predicted molar refractivity (Wildman–Crippen MR) is 73.7 cm³/mol. The van der Waals surface area contributed by atoms with Crippen molar-refractivity contribution in [2.24, 2.45) is 0 Å². The maximum atomic E-state index is 6.11. The van der Waals surface area contributed by atoms with Gasteiger partial charge >= 0.3 is 0 Å². The van der Waals surface area contributed by atoms with Crippen LogP contribution in [0, 0.1) is 6.92 Å². The van der Waals surface area contributed by atoms with Gasteiger partial charge in [0.05, 0.1) is 5.02 Å². The van der Waals surface area contributed by atoms with Crippen LogP contribution in [-0.4, -0.2) is 5.16 Å². The van der Waals surface area contributed by atoms with Gasteiger partial charge in [-0.05, 0) is 43.9 Å². The number of fused-ring (bicyclic) bond motifs is 1. The van der Waals surface area contributed by atoms with E-state index in [1.165, 1.54) is 18.4 Å². The van der Waals surface area contributed by atoms with Crippen molar-refractivity contribution < 1.29 is 9.26 Å². The fourth-order valence-electron chi connectivity index (χ4n) is 2.43. The lowest BCUT2D eigenvalue weighted by Crippen LogP contribution is -2.04. The quantitative estimate of drug-likeness (QED) is 0.847. The monoisotopic (exact) mass is 277 g/mol. The second-order valence-electron chi connectivity index (χ2n) is 4.96. The molecule has 0 spiro atoms. The minimum absolute atomic E-state index is 0.419. The Morgan fingerprint density at radius 3 is 3.05 bits per heavy atom. The van der Waals surface area contributed by atoms with E-state index in [-0.39, 0.29) is 0 Å². The third-order valence-corrected chi connectivity index (χ3v) is 3.79. The number of rotatable bonds is 3. The van der Waals surface area contributed by atoms with Gasteiger partial charge in [0.1, 0.15) is 23.8 Å². The van der Waals surface area contributed by atoms with Crippen molar-refractivity contribution in [1.29, 1.82) is 0 Å². The largest absolute Gasteiger partial charge is 0.486 e. The van der Waals surface area contributed by atoms with Crippen molar-refractivity contribution in [3.8, 4) is 5.75 Å². The fourth-order valence-corrected chi connectivity index (χ4v) is 2.60. The summed E-state index contributed by atoms with van der Waals surface area (Å²) in [4.78, 5) is 0. The van der Waals surface area contributed by atoms with E-state index in [1.54, 1.807) is 0 Å². The Morgan fingerprint density at radius 1 is 1.32 bits per heavy atom. The van der Waals surface area contributed by atoms with Gasteiger partial charge in [-0.15, -0.1) is 0 Å². The highest BCUT2D eigenvalue weighted by Gasteiger charge is 2.19. The van der Waals surface area contributed by atoms with Crippen LogP contribution in [0.15, 0.2) is 22.7 Å². The zero-order chi connectivity index (χ0) is 13.2. The Balaban J connectivity index is 1.75. The molecule has 0 unspecified atom stereocenters. The molecule has 0 radical (unpaired) electrons. The molecule has 1 heterocycles. The third-order valence-electron chi connectivity index (χ3n) is 3.48. The highest BCUT2D eigenvalue weighted by molar-refractivity contribution is 6.32. The molecule has 0 bridgehead atoms. The van der Waals surface area contributed by atoms with Gasteiger partial charge in [0.2, 0.25) is 0 Å². The van der Waals surface area contributed by atoms with E-state index in [2.05, 4.69) is 5.16 Å². The summed E-state index contributed by atoms with van der Waals surface area (Å²) in [5.41, 5.74) is 3.27. The standard InChI is InChI=1S/C15H16ClNO2/c1-10-6-7-12(16)15(8-10)18-9-13-11-4-2-3-5-14(11)19-17-13/h6-8H,2-5,9H2,1H3. The molecule has 0 saturated carbocycles. The van der Waals surface area contributed by atoms with E-state index >= 15 is 0 Å². The molecule has 0 saturated heterocycles. The summed E-state index contributed by atoms with van der Waals surface area (Å²) >= 11 is 6.11. The van der Waals surface area contributed by atoms with Gasteiger partial charge in [-0.1, -0.05) is 22.8 Å². The normalized spacial score (nSPS) is 14.2. The number of halogens is 1. The van der Waals surface area contributed by atoms with Crippen molar-refractivity contribution in [2.45, 2.75) is 39.2 Å². The number of benzene rings is 1. The first-order chi connectivity index (χ1) is 9.24. The van der Waals surface area contributed by atoms with Crippen molar-refractivity contribution in [1.82, 2.24) is 5.16 Å². The second kappa shape index (κ2) is 5.25. The van der Waals surface area contributed by atoms with Crippen molar-refractivity contribution in [2.75, 3.05) is 0 Å². The Labute approximate surface area is 117 Å². The van der Waals surface area contributed by atoms with Crippen LogP contribution in [0.25, 0.3) is 0 Å². The lowest BCUT2D eigenvalue weighted by atomic mass is 9.97. The van der Waals surface area contributed by atoms with Crippen LogP contribution in [0.4, 0.5) is 0 Å². The Bertz CT molecular complexity index is 592. The summed E-state index contributed by atoms with van der Waals surface area (Å²) in [6.07, 6.45) is 4.42. The van der Waals surface area contributed by atoms with Gasteiger partial charge in [-0.2, -0.15) is 0 Å². The smallest absolute Gasteiger partial charge is 0.140 e. The molecule has 1 aliphatic carbocycles. The zero-order valence-electron chi connectivity index (χ0n) is 10.9. The van der Waals surface area contributed by atoms with Gasteiger partial charge in [0, 0.05) is 12.0 Å². The van der Waals surface area contributed by atoms with Crippen LogP contribution in [-0.2, 0) is 19.4 Å². The van der Waals surface area contributed by atoms with Gasteiger partial charge in [0.15, 0.2) is 0 Å². The molecule has 0 atom stereocenters. The van der Waals surface area contributed by atoms with E-state index in [0.717, 1.165) is 29.9 Å². The number of nitrogens with zero attached hydrogens (tertiary/aromatic N) is 1. The van der Waals surface area contributed by atoms with Crippen LogP contribution in [0.1, 0.15) is 35.4 Å². The van der Waals surface area contributed by atoms with Gasteiger partial charge in [-0.25, -0.2) is 0 Å². The van der Waals surface area contributed by atoms with Crippen molar-refractivity contribution >= 4 is 11.6 Å². The first kappa shape index (κ1) is 12.5. The lowest BCUT2D eigenvalue weighted by molar-refractivity contribution is 0.287. The molecule has 2 aromatic rings. The molecule has 0 fully saturated rings. The summed E-state index contributed by atoms with van der Waals surface area (Å²) in [7, 11) is 0. The minimum atomic E-state index is 0.419. The minimum Gasteiger partial charge on any atom is -0.486 e. The fraction of sp³-hybridized carbons (Fsp3) is 0.400. The number of aromatic nitrogens is 1. The second-order valence-corrected chi connectivity index (χ2v) is 5.37. The average Bonchev–Trinajstić information content (AvgIpc) is 2.83. The van der Waals surface area contributed by atoms with E-state index in [1.807, 2.05) is 25.1 Å². The Hall–Kier alpha value is -1.48. The molecule has 4 heteroatoms. The summed E-state index contributed by atoms with van der Waals surface area (Å²) in [5, 5.41) is 4.75. The van der Waals surface area contributed by atoms with Crippen LogP contribution in [0.2, 0.25) is 5.02 Å². The van der Waals surface area contributed by atoms with Crippen LogP contribution in [0.3, 0.4) is 0 Å². The van der Waals surface area contributed by atoms with Crippen molar-refractivity contribution in [3.05, 3.63) is 45.8 Å². The number of ether oxygens (including phenoxy) is 1. The highest BCUT2D eigenvalue weighted by atomic mass is 35.5. The van der Waals surface area contributed by atoms with Gasteiger partial charge < -0.3 is 9.26 Å². The Morgan fingerprint density at radius 2 is 2.16 bits per heavy atom. The molecule has 3 rings (SSSR count). The molecular formula is C15H16ClNO2. The molecule has 1 aliphatic rings. The van der Waals surface area contributed by atoms with E-state index < -0.39 is 0 Å². The topological polar surface area (TPSA) is 35.3 Å². The summed E-state index contributed by atoms with van der Waals surface area (Å²) in [5.74, 6) is 1.73. The summed E-state index contributed by atoms with van der Waals surface area (Å²) < 4.78 is 11.1. The van der Waals surface area contributed by atoms with E-state index in [9.17, 15) is 0 Å². The van der Waals surface area contributed by atoms with E-state index in [0.29, 0.717) is 17.4 Å². The zero-order valence-corrected chi connectivity index (χ0v) is 11.7. The van der Waals surface area contributed by atoms with E-state index in [4.69, 9.17) is 20.9 Å². The SMILES string of the molecule is Cc1ccc(Cl)c(OCc2noc3c2CCCC3)c1. The molecular weight excluding hydrogens is 262 g/mol. The number of aryl methyl sites for hydroxylation is 2. The molecule has 1 aromatic carbocycles. The summed E-state index contributed by atoms with van der Waals surface area (Å²) in [6.45, 7) is 2.43. The van der Waals surface area contributed by atoms with Crippen LogP contribution < -0.4 is 4.74 Å². The summed E-state index contributed by atoms with van der Waals surface area (Å²) in [6, 6.07) is 5.76. The van der Waals surface area contributed by atoms with Gasteiger partial charge in [-0.3, -0.25) is 0 Å². The highest BCUT2D eigenvalue weighted by Crippen LogP contribution is 2.28. The first-order valence-corrected chi connectivity index (χ1v) is 6.97. The molecule has 0 amide bonds. The maximum absolute atomic E-state index is 6.11. The molecule has 0 N–H and O–H groups in total. The Kier molecular flexibility index (Phi) is 3.47. The van der Waals surface area contributed by atoms with Crippen LogP contribution >= 0.6 is 11.6 Å². The first-order valence-electron chi connectivity index (χ1n) is 6.59. The van der Waals surface area contributed by atoms with Gasteiger partial charge in [0.25, 0.3) is 0 Å². The van der Waals surface area contributed by atoms with Crippen molar-refractivity contribution in [3.63, 3.8) is 0 Å². The average molecular weight is 278 g/mol. The molecule has 100 valence electrons. The predicted octanol–water partition coefficient (Wildman–Crippen LogP) is 4.09. The molecule has 3 nitrogen and oxygen atoms in total.